The molecule has 4 heteroatoms. The molecule has 0 amide bonds. The van der Waals surface area contributed by atoms with Crippen LogP contribution in [0, 0.1) is 0 Å². The van der Waals surface area contributed by atoms with Crippen LogP contribution in [-0.2, 0) is 6.54 Å². The third-order valence-corrected chi connectivity index (χ3v) is 5.39. The van der Waals surface area contributed by atoms with Crippen molar-refractivity contribution in [3.63, 3.8) is 0 Å². The van der Waals surface area contributed by atoms with Gasteiger partial charge in [0.25, 0.3) is 0 Å². The topological polar surface area (TPSA) is 30.5 Å². The molecule has 3 nitrogen and oxygen atoms in total. The maximum Gasteiger partial charge on any atom is 0.231 e. The summed E-state index contributed by atoms with van der Waals surface area (Å²) in [6.07, 6.45) is 14.9. The molecule has 1 N–H and O–H groups in total. The van der Waals surface area contributed by atoms with Crippen LogP contribution in [-0.4, -0.2) is 12.8 Å². The molecule has 32 heavy (non-hydrogen) atoms. The van der Waals surface area contributed by atoms with E-state index in [2.05, 4.69) is 83.3 Å². The Bertz CT molecular complexity index is 828. The van der Waals surface area contributed by atoms with Crippen LogP contribution >= 0.6 is 12.4 Å². The number of halogens is 1. The normalized spacial score (nSPS) is 13.9. The number of nitrogens with one attached hydrogen (secondary N) is 1. The lowest BCUT2D eigenvalue weighted by atomic mass is 10.0. The van der Waals surface area contributed by atoms with Gasteiger partial charge in [-0.2, -0.15) is 0 Å². The first-order valence-corrected chi connectivity index (χ1v) is 11.5. The molecule has 0 saturated carbocycles. The van der Waals surface area contributed by atoms with Crippen LogP contribution in [0.4, 0.5) is 0 Å². The molecule has 0 aliphatic carbocycles. The molecule has 1 unspecified atom stereocenters. The fraction of sp³-hybridized carbons (Fsp3) is 0.500. The van der Waals surface area contributed by atoms with E-state index in [0.29, 0.717) is 12.8 Å². The highest BCUT2D eigenvalue weighted by Crippen LogP contribution is 2.32. The van der Waals surface area contributed by atoms with Crippen LogP contribution in [0.15, 0.2) is 64.8 Å². The van der Waals surface area contributed by atoms with E-state index < -0.39 is 0 Å². The Labute approximate surface area is 202 Å². The molecular weight excluding hydrogens is 418 g/mol. The van der Waals surface area contributed by atoms with Gasteiger partial charge in [-0.05, 0) is 91.3 Å². The van der Waals surface area contributed by atoms with E-state index in [1.54, 1.807) is 0 Å². The molecule has 1 atom stereocenters. The molecule has 0 spiro atoms. The molecule has 178 valence electrons. The average molecular weight is 460 g/mol. The second-order valence-corrected chi connectivity index (χ2v) is 9.11. The lowest BCUT2D eigenvalue weighted by Gasteiger charge is -2.16. The van der Waals surface area contributed by atoms with E-state index in [1.165, 1.54) is 27.9 Å². The van der Waals surface area contributed by atoms with Gasteiger partial charge in [-0.25, -0.2) is 0 Å². The number of hydrogen-bond acceptors (Lipinski definition) is 3. The number of benzene rings is 1. The fourth-order valence-electron chi connectivity index (χ4n) is 3.54. The lowest BCUT2D eigenvalue weighted by molar-refractivity contribution is 0.174. The summed E-state index contributed by atoms with van der Waals surface area (Å²) in [6, 6.07) is 6.51. The van der Waals surface area contributed by atoms with Crippen molar-refractivity contribution < 1.29 is 9.47 Å². The van der Waals surface area contributed by atoms with Crippen LogP contribution in [0.25, 0.3) is 0 Å². The van der Waals surface area contributed by atoms with Gasteiger partial charge in [0.1, 0.15) is 0 Å². The predicted octanol–water partition coefficient (Wildman–Crippen LogP) is 8.07. The average Bonchev–Trinajstić information content (AvgIpc) is 3.17. The summed E-state index contributed by atoms with van der Waals surface area (Å²) >= 11 is 0. The molecule has 0 fully saturated rings. The highest BCUT2D eigenvalue weighted by molar-refractivity contribution is 5.85. The van der Waals surface area contributed by atoms with Gasteiger partial charge in [0.05, 0.1) is 0 Å². The largest absolute Gasteiger partial charge is 0.454 e. The fourth-order valence-corrected chi connectivity index (χ4v) is 3.54. The van der Waals surface area contributed by atoms with Crippen molar-refractivity contribution in [1.29, 1.82) is 0 Å². The number of ether oxygens (including phenoxy) is 2. The third kappa shape index (κ3) is 11.1. The summed E-state index contributed by atoms with van der Waals surface area (Å²) in [5.41, 5.74) is 6.90. The van der Waals surface area contributed by atoms with E-state index in [0.717, 1.165) is 50.1 Å². The zero-order valence-corrected chi connectivity index (χ0v) is 21.6. The van der Waals surface area contributed by atoms with Gasteiger partial charge >= 0.3 is 0 Å². The summed E-state index contributed by atoms with van der Waals surface area (Å²) in [4.78, 5) is 0. The first kappa shape index (κ1) is 28.1. The first-order valence-electron chi connectivity index (χ1n) is 11.5. The Morgan fingerprint density at radius 1 is 0.875 bits per heavy atom. The molecule has 1 aliphatic heterocycles. The van der Waals surface area contributed by atoms with Gasteiger partial charge in [-0.15, -0.1) is 12.4 Å². The second kappa shape index (κ2) is 15.0. The minimum absolute atomic E-state index is 0. The Hall–Kier alpha value is -1.97. The SMILES string of the molecule is CC(C)=CCC/C(C)=C/CC(/C=C(\C)CCC=C(C)C)NCc1ccc2c(c1)OCO2.Cl. The van der Waals surface area contributed by atoms with E-state index in [-0.39, 0.29) is 12.4 Å². The van der Waals surface area contributed by atoms with Gasteiger partial charge < -0.3 is 14.8 Å². The van der Waals surface area contributed by atoms with Crippen molar-refractivity contribution >= 4 is 12.4 Å². The summed E-state index contributed by atoms with van der Waals surface area (Å²) in [6.45, 7) is 14.3. The van der Waals surface area contributed by atoms with Crippen molar-refractivity contribution in [3.8, 4) is 11.5 Å². The summed E-state index contributed by atoms with van der Waals surface area (Å²) in [5, 5.41) is 3.74. The van der Waals surface area contributed by atoms with E-state index in [1.807, 2.05) is 6.07 Å². The Morgan fingerprint density at radius 3 is 2.16 bits per heavy atom. The highest BCUT2D eigenvalue weighted by Gasteiger charge is 2.13. The maximum absolute atomic E-state index is 5.53. The summed E-state index contributed by atoms with van der Waals surface area (Å²) < 4.78 is 11.0. The van der Waals surface area contributed by atoms with E-state index >= 15 is 0 Å². The maximum atomic E-state index is 5.53. The van der Waals surface area contributed by atoms with Crippen molar-refractivity contribution in [2.45, 2.75) is 86.2 Å². The Balaban J connectivity index is 0.00000512. The van der Waals surface area contributed by atoms with Gasteiger partial charge in [-0.1, -0.05) is 52.7 Å². The van der Waals surface area contributed by atoms with E-state index in [9.17, 15) is 0 Å². The molecule has 1 heterocycles. The molecule has 0 radical (unpaired) electrons. The van der Waals surface area contributed by atoms with Crippen LogP contribution in [0.5, 0.6) is 11.5 Å². The molecular formula is C28H42ClNO2. The van der Waals surface area contributed by atoms with Crippen molar-refractivity contribution in [1.82, 2.24) is 5.32 Å². The monoisotopic (exact) mass is 459 g/mol. The highest BCUT2D eigenvalue weighted by atomic mass is 35.5. The zero-order valence-electron chi connectivity index (χ0n) is 20.8. The van der Waals surface area contributed by atoms with Crippen LogP contribution in [0.3, 0.4) is 0 Å². The molecule has 1 aromatic rings. The third-order valence-electron chi connectivity index (χ3n) is 5.39. The number of allylic oxidation sites excluding steroid dienone is 6. The minimum Gasteiger partial charge on any atom is -0.454 e. The van der Waals surface area contributed by atoms with Gasteiger partial charge in [-0.3, -0.25) is 0 Å². The van der Waals surface area contributed by atoms with Crippen molar-refractivity contribution in [3.05, 3.63) is 70.4 Å². The Morgan fingerprint density at radius 2 is 1.50 bits per heavy atom. The summed E-state index contributed by atoms with van der Waals surface area (Å²) in [7, 11) is 0. The molecule has 0 saturated heterocycles. The van der Waals surface area contributed by atoms with Gasteiger partial charge in [0.2, 0.25) is 6.79 Å². The van der Waals surface area contributed by atoms with E-state index in [4.69, 9.17) is 9.47 Å². The lowest BCUT2D eigenvalue weighted by Crippen LogP contribution is -2.26. The molecule has 2 rings (SSSR count). The number of hydrogen-bond donors (Lipinski definition) is 1. The minimum atomic E-state index is 0. The quantitative estimate of drug-likeness (QED) is 0.320. The zero-order chi connectivity index (χ0) is 22.6. The predicted molar refractivity (Wildman–Crippen MR) is 140 cm³/mol. The molecule has 1 aliphatic rings. The van der Waals surface area contributed by atoms with Crippen molar-refractivity contribution in [2.75, 3.05) is 6.79 Å². The summed E-state index contributed by atoms with van der Waals surface area (Å²) in [5.74, 6) is 1.68. The molecule has 0 aromatic heterocycles. The van der Waals surface area contributed by atoms with Crippen LogP contribution in [0.1, 0.15) is 79.2 Å². The smallest absolute Gasteiger partial charge is 0.231 e. The van der Waals surface area contributed by atoms with Crippen LogP contribution < -0.4 is 14.8 Å². The number of rotatable bonds is 12. The standard InChI is InChI=1S/C28H41NO2.ClH/c1-21(2)9-7-11-23(5)13-15-26(17-24(6)12-8-10-22(3)4)29-19-25-14-16-27-28(18-25)31-20-30-27;/h9-10,13-14,16-18,26,29H,7-8,11-12,15,19-20H2,1-6H3;1H/b23-13+,24-17+;. The first-order chi connectivity index (χ1) is 14.8. The second-order valence-electron chi connectivity index (χ2n) is 9.11. The van der Waals surface area contributed by atoms with Crippen molar-refractivity contribution in [2.24, 2.45) is 0 Å². The molecule has 0 bridgehead atoms. The van der Waals surface area contributed by atoms with Gasteiger partial charge in [0, 0.05) is 12.6 Å². The van der Waals surface area contributed by atoms with Gasteiger partial charge in [0.15, 0.2) is 11.5 Å². The molecule has 1 aromatic carbocycles. The van der Waals surface area contributed by atoms with Crippen LogP contribution in [0.2, 0.25) is 0 Å². The Kier molecular flexibility index (Phi) is 13.1. The number of fused-ring (bicyclic) bond motifs is 1.